The van der Waals surface area contributed by atoms with Crippen molar-refractivity contribution in [1.82, 2.24) is 19.1 Å². The molecule has 3 heterocycles. The number of nitrogens with two attached hydrogens (primary N) is 2. The van der Waals surface area contributed by atoms with Crippen LogP contribution in [-0.4, -0.2) is 83.8 Å². The molecule has 2 aliphatic rings. The molecular formula is C27H39N7O5S. The number of hydrogen-bond donors (Lipinski definition) is 4. The van der Waals surface area contributed by atoms with Crippen molar-refractivity contribution in [2.45, 2.75) is 76.5 Å². The van der Waals surface area contributed by atoms with Gasteiger partial charge in [-0.3, -0.25) is 19.8 Å². The Morgan fingerprint density at radius 3 is 2.45 bits per heavy atom. The van der Waals surface area contributed by atoms with Gasteiger partial charge in [-0.15, -0.1) is 0 Å². The second kappa shape index (κ2) is 12.0. The van der Waals surface area contributed by atoms with Gasteiger partial charge in [0, 0.05) is 42.5 Å². The number of carbonyl (C=O) groups excluding carboxylic acids is 3. The lowest BCUT2D eigenvalue weighted by molar-refractivity contribution is -0.145. The number of aromatic nitrogens is 1. The van der Waals surface area contributed by atoms with E-state index in [1.165, 1.54) is 4.90 Å². The maximum atomic E-state index is 13.7. The molecule has 13 heteroatoms. The molecule has 6 N–H and O–H groups in total. The number of sulfonamides is 1. The fraction of sp³-hybridized carbons (Fsp3) is 0.556. The SMILES string of the molecule is CCn1c(CCC2CCCN2C(=O)[C@H]2CCCN2C(=O)C[C@H](NS(C)(=O)=O)C(N)=O)cc2ccc(C(=N)N)cc21. The number of carbonyl (C=O) groups is 3. The predicted molar refractivity (Wildman–Crippen MR) is 152 cm³/mol. The Labute approximate surface area is 234 Å². The summed E-state index contributed by atoms with van der Waals surface area (Å²) in [5, 5.41) is 8.84. The molecule has 1 aromatic carbocycles. The summed E-state index contributed by atoms with van der Waals surface area (Å²) >= 11 is 0. The predicted octanol–water partition coefficient (Wildman–Crippen LogP) is 0.653. The Morgan fingerprint density at radius 1 is 1.10 bits per heavy atom. The maximum absolute atomic E-state index is 13.7. The van der Waals surface area contributed by atoms with Crippen molar-refractivity contribution in [3.8, 4) is 0 Å². The first-order valence-electron chi connectivity index (χ1n) is 13.7. The minimum Gasteiger partial charge on any atom is -0.384 e. The minimum atomic E-state index is -3.75. The molecule has 2 saturated heterocycles. The number of rotatable bonds is 11. The highest BCUT2D eigenvalue weighted by Gasteiger charge is 2.40. The molecule has 0 radical (unpaired) electrons. The van der Waals surface area contributed by atoms with Crippen LogP contribution < -0.4 is 16.2 Å². The van der Waals surface area contributed by atoms with Gasteiger partial charge < -0.3 is 25.8 Å². The summed E-state index contributed by atoms with van der Waals surface area (Å²) in [6.45, 7) is 3.85. The molecule has 1 aromatic heterocycles. The summed E-state index contributed by atoms with van der Waals surface area (Å²) in [4.78, 5) is 41.9. The summed E-state index contributed by atoms with van der Waals surface area (Å²) in [5.41, 5.74) is 13.9. The number of aryl methyl sites for hydroxylation is 2. The molecule has 2 fully saturated rings. The molecule has 0 aliphatic carbocycles. The van der Waals surface area contributed by atoms with Crippen LogP contribution in [0, 0.1) is 5.41 Å². The highest BCUT2D eigenvalue weighted by molar-refractivity contribution is 7.88. The van der Waals surface area contributed by atoms with Crippen molar-refractivity contribution in [2.24, 2.45) is 11.5 Å². The topological polar surface area (TPSA) is 185 Å². The van der Waals surface area contributed by atoms with E-state index in [-0.39, 0.29) is 17.8 Å². The second-order valence-electron chi connectivity index (χ2n) is 10.7. The van der Waals surface area contributed by atoms with Gasteiger partial charge >= 0.3 is 0 Å². The summed E-state index contributed by atoms with van der Waals surface area (Å²) < 4.78 is 27.6. The number of amides is 3. The quantitative estimate of drug-likeness (QED) is 0.226. The van der Waals surface area contributed by atoms with E-state index < -0.39 is 40.3 Å². The number of primary amides is 1. The number of benzene rings is 1. The number of fused-ring (bicyclic) bond motifs is 1. The van der Waals surface area contributed by atoms with E-state index in [9.17, 15) is 22.8 Å². The fourth-order valence-electron chi connectivity index (χ4n) is 6.06. The van der Waals surface area contributed by atoms with Crippen LogP contribution in [-0.2, 0) is 37.4 Å². The third-order valence-electron chi connectivity index (χ3n) is 7.95. The maximum Gasteiger partial charge on any atom is 0.245 e. The fourth-order valence-corrected chi connectivity index (χ4v) is 6.78. The molecule has 0 spiro atoms. The largest absolute Gasteiger partial charge is 0.384 e. The van der Waals surface area contributed by atoms with Crippen molar-refractivity contribution < 1.29 is 22.8 Å². The van der Waals surface area contributed by atoms with Gasteiger partial charge in [0.15, 0.2) is 0 Å². The number of likely N-dealkylation sites (tertiary alicyclic amines) is 2. The number of amidine groups is 1. The van der Waals surface area contributed by atoms with Crippen LogP contribution in [0.4, 0.5) is 0 Å². The standard InChI is InChI=1S/C27H39N7O5S/c1-3-32-20(14-17-8-9-18(25(28)29)15-23(17)32)11-10-19-6-4-12-33(19)27(37)22-7-5-13-34(22)24(35)16-21(26(30)36)31-40(2,38)39/h8-9,14-15,19,21-22,31H,3-7,10-13,16H2,1-2H3,(H3,28,29)(H2,30,36)/t19?,21-,22+/m0/s1. The Kier molecular flexibility index (Phi) is 8.83. The molecule has 1 unspecified atom stereocenters. The number of nitrogen functional groups attached to an aromatic ring is 1. The van der Waals surface area contributed by atoms with Gasteiger partial charge in [-0.25, -0.2) is 13.1 Å². The third-order valence-corrected chi connectivity index (χ3v) is 8.66. The smallest absolute Gasteiger partial charge is 0.245 e. The molecule has 3 atom stereocenters. The zero-order valence-electron chi connectivity index (χ0n) is 23.1. The summed E-state index contributed by atoms with van der Waals surface area (Å²) in [6.07, 6.45) is 4.97. The number of nitrogens with zero attached hydrogens (tertiary/aromatic N) is 3. The van der Waals surface area contributed by atoms with Crippen molar-refractivity contribution >= 4 is 44.5 Å². The van der Waals surface area contributed by atoms with E-state index in [1.54, 1.807) is 0 Å². The van der Waals surface area contributed by atoms with Crippen LogP contribution in [0.15, 0.2) is 24.3 Å². The molecule has 2 aromatic rings. The van der Waals surface area contributed by atoms with Crippen LogP contribution in [0.5, 0.6) is 0 Å². The Hall–Kier alpha value is -3.45. The van der Waals surface area contributed by atoms with Crippen molar-refractivity contribution in [3.05, 3.63) is 35.5 Å². The Bertz CT molecular complexity index is 1420. The first-order chi connectivity index (χ1) is 18.9. The highest BCUT2D eigenvalue weighted by atomic mass is 32.2. The van der Waals surface area contributed by atoms with Crippen molar-refractivity contribution in [3.63, 3.8) is 0 Å². The summed E-state index contributed by atoms with van der Waals surface area (Å²) in [5.74, 6) is -1.47. The summed E-state index contributed by atoms with van der Waals surface area (Å²) in [7, 11) is -3.75. The van der Waals surface area contributed by atoms with Crippen molar-refractivity contribution in [2.75, 3.05) is 19.3 Å². The normalized spacial score (nSPS) is 20.2. The number of nitrogens with one attached hydrogen (secondary N) is 2. The lowest BCUT2D eigenvalue weighted by atomic mass is 10.1. The van der Waals surface area contributed by atoms with E-state index in [0.29, 0.717) is 31.5 Å². The summed E-state index contributed by atoms with van der Waals surface area (Å²) in [6, 6.07) is 5.97. The Morgan fingerprint density at radius 2 is 1.80 bits per heavy atom. The average Bonchev–Trinajstić information content (AvgIpc) is 3.63. The molecule has 0 saturated carbocycles. The zero-order valence-corrected chi connectivity index (χ0v) is 23.9. The van der Waals surface area contributed by atoms with Gasteiger partial charge in [-0.05, 0) is 63.0 Å². The molecule has 40 heavy (non-hydrogen) atoms. The highest BCUT2D eigenvalue weighted by Crippen LogP contribution is 2.29. The number of hydrogen-bond acceptors (Lipinski definition) is 6. The lowest BCUT2D eigenvalue weighted by Crippen LogP contribution is -2.52. The third kappa shape index (κ3) is 6.47. The van der Waals surface area contributed by atoms with Gasteiger partial charge in [0.1, 0.15) is 17.9 Å². The molecule has 4 rings (SSSR count). The monoisotopic (exact) mass is 573 g/mol. The van der Waals surface area contributed by atoms with Crippen LogP contribution >= 0.6 is 0 Å². The second-order valence-corrected chi connectivity index (χ2v) is 12.5. The lowest BCUT2D eigenvalue weighted by Gasteiger charge is -2.32. The van der Waals surface area contributed by atoms with Gasteiger partial charge in [0.05, 0.1) is 12.7 Å². The first-order valence-corrected chi connectivity index (χ1v) is 15.6. The molecule has 12 nitrogen and oxygen atoms in total. The van der Waals surface area contributed by atoms with Gasteiger partial charge in [0.2, 0.25) is 27.7 Å². The van der Waals surface area contributed by atoms with E-state index >= 15 is 0 Å². The average molecular weight is 574 g/mol. The van der Waals surface area contributed by atoms with Gasteiger partial charge in [0.25, 0.3) is 0 Å². The molecule has 3 amide bonds. The van der Waals surface area contributed by atoms with E-state index in [0.717, 1.165) is 55.1 Å². The van der Waals surface area contributed by atoms with E-state index in [4.69, 9.17) is 16.9 Å². The van der Waals surface area contributed by atoms with E-state index in [2.05, 4.69) is 22.3 Å². The molecule has 2 aliphatic heterocycles. The molecular weight excluding hydrogens is 534 g/mol. The van der Waals surface area contributed by atoms with E-state index in [1.807, 2.05) is 23.1 Å². The van der Waals surface area contributed by atoms with Crippen molar-refractivity contribution in [1.29, 1.82) is 5.41 Å². The van der Waals surface area contributed by atoms with Crippen LogP contribution in [0.1, 0.15) is 56.7 Å². The zero-order chi connectivity index (χ0) is 29.2. The molecule has 0 bridgehead atoms. The van der Waals surface area contributed by atoms with Gasteiger partial charge in [-0.2, -0.15) is 0 Å². The molecule has 218 valence electrons. The van der Waals surface area contributed by atoms with Crippen LogP contribution in [0.2, 0.25) is 0 Å². The van der Waals surface area contributed by atoms with Crippen LogP contribution in [0.3, 0.4) is 0 Å². The van der Waals surface area contributed by atoms with Gasteiger partial charge in [-0.1, -0.05) is 12.1 Å². The van der Waals surface area contributed by atoms with Crippen LogP contribution in [0.25, 0.3) is 10.9 Å². The Balaban J connectivity index is 1.44. The minimum absolute atomic E-state index is 0.0312. The first kappa shape index (κ1) is 29.5.